The van der Waals surface area contributed by atoms with Crippen molar-refractivity contribution in [3.63, 3.8) is 0 Å². The van der Waals surface area contributed by atoms with E-state index < -0.39 is 14.8 Å². The Morgan fingerprint density at radius 1 is 1.28 bits per heavy atom. The van der Waals surface area contributed by atoms with E-state index in [1.54, 1.807) is 7.05 Å². The number of nitro benzene ring substituents is 1. The molecule has 0 amide bonds. The summed E-state index contributed by atoms with van der Waals surface area (Å²) in [6.45, 7) is 5.85. The fourth-order valence-corrected chi connectivity index (χ4v) is 2.58. The van der Waals surface area contributed by atoms with E-state index in [-0.39, 0.29) is 16.3 Å². The first-order valence-electron chi connectivity index (χ1n) is 7.82. The van der Waals surface area contributed by atoms with Gasteiger partial charge in [-0.25, -0.2) is 8.42 Å². The van der Waals surface area contributed by atoms with Crippen LogP contribution in [0.3, 0.4) is 0 Å². The van der Waals surface area contributed by atoms with Crippen molar-refractivity contribution in [2.45, 2.75) is 18.7 Å². The van der Waals surface area contributed by atoms with Gasteiger partial charge in [0.25, 0.3) is 5.69 Å². The minimum absolute atomic E-state index is 0.0823. The minimum Gasteiger partial charge on any atom is -0.378 e. The average Bonchev–Trinajstić information content (AvgIpc) is 2.52. The summed E-state index contributed by atoms with van der Waals surface area (Å²) in [5.74, 6) is 1.13. The summed E-state index contributed by atoms with van der Waals surface area (Å²) in [5, 5.41) is 20.3. The Balaban J connectivity index is 2.67. The second kappa shape index (κ2) is 9.21. The number of anilines is 1. The molecule has 0 unspecified atom stereocenters. The van der Waals surface area contributed by atoms with E-state index in [0.717, 1.165) is 18.9 Å². The van der Waals surface area contributed by atoms with Gasteiger partial charge < -0.3 is 16.0 Å². The fraction of sp³-hybridized carbons (Fsp3) is 0.533. The zero-order valence-electron chi connectivity index (χ0n) is 14.9. The largest absolute Gasteiger partial charge is 0.378 e. The van der Waals surface area contributed by atoms with Gasteiger partial charge >= 0.3 is 0 Å². The summed E-state index contributed by atoms with van der Waals surface area (Å²) in [7, 11) is -1.83. The molecule has 10 heteroatoms. The van der Waals surface area contributed by atoms with Gasteiger partial charge in [-0.3, -0.25) is 15.1 Å². The van der Waals surface area contributed by atoms with Crippen LogP contribution in [0.25, 0.3) is 0 Å². The quantitative estimate of drug-likeness (QED) is 0.206. The highest BCUT2D eigenvalue weighted by Crippen LogP contribution is 2.27. The van der Waals surface area contributed by atoms with Crippen molar-refractivity contribution in [3.05, 3.63) is 28.3 Å². The monoisotopic (exact) mass is 371 g/mol. The molecule has 1 rings (SSSR count). The third-order valence-electron chi connectivity index (χ3n) is 3.23. The van der Waals surface area contributed by atoms with E-state index in [0.29, 0.717) is 25.0 Å². The van der Waals surface area contributed by atoms with E-state index in [1.165, 1.54) is 12.1 Å². The van der Waals surface area contributed by atoms with E-state index in [1.807, 2.05) is 0 Å². The maximum Gasteiger partial charge on any atom is 0.293 e. The lowest BCUT2D eigenvalue weighted by atomic mass is 10.2. The van der Waals surface area contributed by atoms with Crippen LogP contribution >= 0.6 is 0 Å². The fourth-order valence-electron chi connectivity index (χ4n) is 1.94. The molecule has 0 aliphatic heterocycles. The molecule has 1 aromatic carbocycles. The van der Waals surface area contributed by atoms with Crippen molar-refractivity contribution in [1.29, 1.82) is 0 Å². The van der Waals surface area contributed by atoms with Gasteiger partial charge in [-0.05, 0) is 18.1 Å². The predicted molar refractivity (Wildman–Crippen MR) is 98.9 cm³/mol. The average molecular weight is 371 g/mol. The molecule has 0 atom stereocenters. The van der Waals surface area contributed by atoms with Crippen LogP contribution in [0, 0.1) is 16.0 Å². The number of rotatable bonds is 8. The SMILES string of the molecule is CN=C(NCCNc1ccc(S(C)(=O)=O)cc1[N+](=O)[O-])NCC(C)C. The van der Waals surface area contributed by atoms with E-state index in [9.17, 15) is 18.5 Å². The number of aliphatic imine (C=N–C) groups is 1. The minimum atomic E-state index is -3.50. The number of hydrogen-bond acceptors (Lipinski definition) is 6. The van der Waals surface area contributed by atoms with Crippen LogP contribution in [0.1, 0.15) is 13.8 Å². The molecule has 140 valence electrons. The summed E-state index contributed by atoms with van der Waals surface area (Å²) < 4.78 is 23.0. The number of hydrogen-bond donors (Lipinski definition) is 3. The molecular weight excluding hydrogens is 346 g/mol. The van der Waals surface area contributed by atoms with Crippen molar-refractivity contribution in [3.8, 4) is 0 Å². The van der Waals surface area contributed by atoms with Gasteiger partial charge in [-0.1, -0.05) is 13.8 Å². The van der Waals surface area contributed by atoms with Crippen LogP contribution in [-0.2, 0) is 9.84 Å². The summed E-state index contributed by atoms with van der Waals surface area (Å²) in [4.78, 5) is 14.6. The van der Waals surface area contributed by atoms with Crippen molar-refractivity contribution >= 4 is 27.2 Å². The van der Waals surface area contributed by atoms with Crippen molar-refractivity contribution < 1.29 is 13.3 Å². The molecule has 0 spiro atoms. The van der Waals surface area contributed by atoms with Crippen LogP contribution in [0.2, 0.25) is 0 Å². The van der Waals surface area contributed by atoms with Gasteiger partial charge in [0.1, 0.15) is 5.69 Å². The van der Waals surface area contributed by atoms with Crippen LogP contribution in [-0.4, -0.2) is 52.2 Å². The Morgan fingerprint density at radius 2 is 1.96 bits per heavy atom. The summed E-state index contributed by atoms with van der Waals surface area (Å²) in [6.07, 6.45) is 1.01. The molecule has 0 saturated heterocycles. The molecule has 0 bridgehead atoms. The first-order chi connectivity index (χ1) is 11.6. The van der Waals surface area contributed by atoms with Gasteiger partial charge in [0.15, 0.2) is 15.8 Å². The number of nitrogens with one attached hydrogen (secondary N) is 3. The zero-order valence-corrected chi connectivity index (χ0v) is 15.7. The van der Waals surface area contributed by atoms with Gasteiger partial charge in [0.2, 0.25) is 0 Å². The molecule has 0 fully saturated rings. The Bertz CT molecular complexity index is 731. The molecular formula is C15H25N5O4S. The second-order valence-corrected chi connectivity index (χ2v) is 7.92. The van der Waals surface area contributed by atoms with Gasteiger partial charge in [-0.15, -0.1) is 0 Å². The number of sulfone groups is 1. The summed E-state index contributed by atoms with van der Waals surface area (Å²) in [6, 6.07) is 3.82. The van der Waals surface area contributed by atoms with E-state index >= 15 is 0 Å². The number of guanidine groups is 1. The highest BCUT2D eigenvalue weighted by Gasteiger charge is 2.18. The zero-order chi connectivity index (χ0) is 19.0. The first-order valence-corrected chi connectivity index (χ1v) is 9.71. The topological polar surface area (TPSA) is 126 Å². The maximum absolute atomic E-state index is 11.5. The third-order valence-corrected chi connectivity index (χ3v) is 4.34. The molecule has 0 heterocycles. The Kier molecular flexibility index (Phi) is 7.62. The first kappa shape index (κ1) is 20.7. The van der Waals surface area contributed by atoms with Crippen molar-refractivity contribution in [2.24, 2.45) is 10.9 Å². The van der Waals surface area contributed by atoms with Gasteiger partial charge in [0.05, 0.1) is 9.82 Å². The highest BCUT2D eigenvalue weighted by atomic mass is 32.2. The van der Waals surface area contributed by atoms with Crippen molar-refractivity contribution in [2.75, 3.05) is 38.3 Å². The summed E-state index contributed by atoms with van der Waals surface area (Å²) >= 11 is 0. The maximum atomic E-state index is 11.5. The third kappa shape index (κ3) is 6.96. The molecule has 3 N–H and O–H groups in total. The Morgan fingerprint density at radius 3 is 2.48 bits per heavy atom. The molecule has 0 aliphatic carbocycles. The lowest BCUT2D eigenvalue weighted by Gasteiger charge is -2.14. The van der Waals surface area contributed by atoms with Crippen LogP contribution in [0.15, 0.2) is 28.1 Å². The van der Waals surface area contributed by atoms with Crippen LogP contribution < -0.4 is 16.0 Å². The number of nitrogens with zero attached hydrogens (tertiary/aromatic N) is 2. The highest BCUT2D eigenvalue weighted by molar-refractivity contribution is 7.90. The summed E-state index contributed by atoms with van der Waals surface area (Å²) in [5.41, 5.74) is -0.00503. The lowest BCUT2D eigenvalue weighted by Crippen LogP contribution is -2.41. The van der Waals surface area contributed by atoms with Gasteiger partial charge in [0, 0.05) is 39.0 Å². The van der Waals surface area contributed by atoms with Crippen LogP contribution in [0.5, 0.6) is 0 Å². The number of nitro groups is 1. The lowest BCUT2D eigenvalue weighted by molar-refractivity contribution is -0.384. The molecule has 25 heavy (non-hydrogen) atoms. The molecule has 0 saturated carbocycles. The standard InChI is InChI=1S/C15H25N5O4S/c1-11(2)10-19-15(16-3)18-8-7-17-13-6-5-12(25(4,23)24)9-14(13)20(21)22/h5-6,9,11,17H,7-8,10H2,1-4H3,(H2,16,18,19). The molecule has 9 nitrogen and oxygen atoms in total. The molecule has 0 aromatic heterocycles. The normalized spacial score (nSPS) is 12.1. The molecule has 0 radical (unpaired) electrons. The van der Waals surface area contributed by atoms with Crippen LogP contribution in [0.4, 0.5) is 11.4 Å². The van der Waals surface area contributed by atoms with E-state index in [2.05, 4.69) is 34.8 Å². The van der Waals surface area contributed by atoms with Crippen molar-refractivity contribution in [1.82, 2.24) is 10.6 Å². The molecule has 0 aliphatic rings. The Labute approximate surface area is 148 Å². The smallest absolute Gasteiger partial charge is 0.293 e. The van der Waals surface area contributed by atoms with E-state index in [4.69, 9.17) is 0 Å². The number of benzene rings is 1. The predicted octanol–water partition coefficient (Wildman–Crippen LogP) is 1.23. The van der Waals surface area contributed by atoms with Gasteiger partial charge in [-0.2, -0.15) is 0 Å². The second-order valence-electron chi connectivity index (χ2n) is 5.91. The Hall–Kier alpha value is -2.36. The molecule has 1 aromatic rings.